The van der Waals surface area contributed by atoms with Gasteiger partial charge in [-0.2, -0.15) is 0 Å². The van der Waals surface area contributed by atoms with Gasteiger partial charge in [0.15, 0.2) is 0 Å². The first-order chi connectivity index (χ1) is 10.6. The largest absolute Gasteiger partial charge is 0.492 e. The molecule has 0 radical (unpaired) electrons. The number of aliphatic carboxylic acids is 1. The quantitative estimate of drug-likeness (QED) is 0.888. The average Bonchev–Trinajstić information content (AvgIpc) is 3.15. The van der Waals surface area contributed by atoms with Crippen molar-refractivity contribution in [3.63, 3.8) is 0 Å². The number of ether oxygens (including phenoxy) is 1. The molecule has 1 aromatic carbocycles. The smallest absolute Gasteiger partial charge is 0.305 e. The lowest BCUT2D eigenvalue weighted by Crippen LogP contribution is -2.34. The van der Waals surface area contributed by atoms with Gasteiger partial charge in [0.25, 0.3) is 0 Å². The van der Waals surface area contributed by atoms with Crippen LogP contribution in [0.3, 0.4) is 0 Å². The summed E-state index contributed by atoms with van der Waals surface area (Å²) in [6, 6.07) is 10.6. The Bertz CT molecular complexity index is 683. The van der Waals surface area contributed by atoms with Crippen LogP contribution in [0.1, 0.15) is 28.8 Å². The third-order valence-corrected chi connectivity index (χ3v) is 4.58. The molecule has 2 N–H and O–H groups in total. The van der Waals surface area contributed by atoms with Gasteiger partial charge in [-0.1, -0.05) is 24.3 Å². The van der Waals surface area contributed by atoms with Crippen molar-refractivity contribution < 1.29 is 19.4 Å². The van der Waals surface area contributed by atoms with Crippen LogP contribution >= 0.6 is 11.3 Å². The number of hydrogen-bond acceptors (Lipinski definition) is 4. The van der Waals surface area contributed by atoms with Crippen LogP contribution in [0.5, 0.6) is 5.75 Å². The first kappa shape index (κ1) is 14.6. The molecule has 0 spiro atoms. The van der Waals surface area contributed by atoms with Crippen LogP contribution < -0.4 is 10.1 Å². The predicted octanol–water partition coefficient (Wildman–Crippen LogP) is 2.56. The van der Waals surface area contributed by atoms with E-state index in [1.54, 1.807) is 0 Å². The van der Waals surface area contributed by atoms with Gasteiger partial charge in [0, 0.05) is 10.4 Å². The molecule has 0 bridgehead atoms. The fourth-order valence-corrected chi connectivity index (χ4v) is 3.32. The summed E-state index contributed by atoms with van der Waals surface area (Å²) in [6.07, 6.45) is -0.137. The lowest BCUT2D eigenvalue weighted by molar-refractivity contribution is -0.137. The number of carboxylic acid groups (broad SMARTS) is 1. The van der Waals surface area contributed by atoms with Crippen molar-refractivity contribution in [2.75, 3.05) is 6.61 Å². The summed E-state index contributed by atoms with van der Waals surface area (Å²) < 4.78 is 5.51. The maximum atomic E-state index is 12.5. The van der Waals surface area contributed by atoms with Crippen molar-refractivity contribution in [1.29, 1.82) is 0 Å². The number of para-hydroxylation sites is 1. The SMILES string of the molecule is O=C(O)C[C@@H](NC(=O)[C@H]1COc2ccccc21)c1cccs1. The number of thiophene rings is 1. The number of carbonyl (C=O) groups excluding carboxylic acids is 1. The van der Waals surface area contributed by atoms with E-state index in [2.05, 4.69) is 5.32 Å². The fraction of sp³-hybridized carbons (Fsp3) is 0.250. The van der Waals surface area contributed by atoms with Gasteiger partial charge in [-0.15, -0.1) is 11.3 Å². The summed E-state index contributed by atoms with van der Waals surface area (Å²) in [4.78, 5) is 24.4. The lowest BCUT2D eigenvalue weighted by atomic mass is 9.99. The predicted molar refractivity (Wildman–Crippen MR) is 82.1 cm³/mol. The standard InChI is InChI=1S/C16H15NO4S/c18-15(19)8-12(14-6-3-7-22-14)17-16(20)11-9-21-13-5-2-1-4-10(11)13/h1-7,11-12H,8-9H2,(H,17,20)(H,18,19)/t11-,12+/m0/s1. The minimum atomic E-state index is -0.943. The minimum Gasteiger partial charge on any atom is -0.492 e. The Morgan fingerprint density at radius 1 is 1.32 bits per heavy atom. The number of carboxylic acids is 1. The Hall–Kier alpha value is -2.34. The molecule has 0 aliphatic carbocycles. The summed E-state index contributed by atoms with van der Waals surface area (Å²) >= 11 is 1.43. The molecule has 1 amide bonds. The summed E-state index contributed by atoms with van der Waals surface area (Å²) in [6.45, 7) is 0.287. The molecule has 1 aliphatic heterocycles. The van der Waals surface area contributed by atoms with Crippen LogP contribution in [0, 0.1) is 0 Å². The first-order valence-electron chi connectivity index (χ1n) is 6.92. The molecule has 1 aromatic heterocycles. The molecule has 5 nitrogen and oxygen atoms in total. The maximum Gasteiger partial charge on any atom is 0.305 e. The van der Waals surface area contributed by atoms with Crippen molar-refractivity contribution in [3.05, 3.63) is 52.2 Å². The van der Waals surface area contributed by atoms with Crippen LogP contribution in [0.2, 0.25) is 0 Å². The van der Waals surface area contributed by atoms with E-state index in [9.17, 15) is 9.59 Å². The zero-order valence-electron chi connectivity index (χ0n) is 11.7. The average molecular weight is 317 g/mol. The summed E-state index contributed by atoms with van der Waals surface area (Å²) in [7, 11) is 0. The highest BCUT2D eigenvalue weighted by Crippen LogP contribution is 2.34. The van der Waals surface area contributed by atoms with Gasteiger partial charge in [0.05, 0.1) is 12.5 Å². The molecule has 2 aromatic rings. The van der Waals surface area contributed by atoms with Crippen LogP contribution in [-0.4, -0.2) is 23.6 Å². The van der Waals surface area contributed by atoms with Gasteiger partial charge in [-0.05, 0) is 17.5 Å². The first-order valence-corrected chi connectivity index (χ1v) is 7.80. The minimum absolute atomic E-state index is 0.137. The van der Waals surface area contributed by atoms with Crippen LogP contribution in [0.15, 0.2) is 41.8 Å². The highest BCUT2D eigenvalue weighted by atomic mass is 32.1. The van der Waals surface area contributed by atoms with Gasteiger partial charge in [0.2, 0.25) is 5.91 Å². The molecule has 114 valence electrons. The Labute approximate surface area is 131 Å². The van der Waals surface area contributed by atoms with Gasteiger partial charge in [0.1, 0.15) is 18.3 Å². The number of nitrogens with one attached hydrogen (secondary N) is 1. The van der Waals surface area contributed by atoms with E-state index in [0.29, 0.717) is 5.75 Å². The zero-order valence-corrected chi connectivity index (χ0v) is 12.5. The number of carbonyl (C=O) groups is 2. The van der Waals surface area contributed by atoms with Crippen molar-refractivity contribution in [3.8, 4) is 5.75 Å². The van der Waals surface area contributed by atoms with Crippen molar-refractivity contribution in [2.45, 2.75) is 18.4 Å². The summed E-state index contributed by atoms with van der Waals surface area (Å²) in [5.74, 6) is -0.826. The topological polar surface area (TPSA) is 75.6 Å². The van der Waals surface area contributed by atoms with Gasteiger partial charge in [-0.25, -0.2) is 0 Å². The van der Waals surface area contributed by atoms with Gasteiger partial charge in [-0.3, -0.25) is 9.59 Å². The molecule has 0 unspecified atom stereocenters. The molecule has 1 aliphatic rings. The highest BCUT2D eigenvalue weighted by Gasteiger charge is 2.32. The maximum absolute atomic E-state index is 12.5. The summed E-state index contributed by atoms with van der Waals surface area (Å²) in [5.41, 5.74) is 0.847. The normalized spacial score (nSPS) is 17.4. The second-order valence-electron chi connectivity index (χ2n) is 5.08. The highest BCUT2D eigenvalue weighted by molar-refractivity contribution is 7.10. The van der Waals surface area contributed by atoms with E-state index >= 15 is 0 Å². The molecule has 22 heavy (non-hydrogen) atoms. The molecular weight excluding hydrogens is 302 g/mol. The molecule has 2 heterocycles. The van der Waals surface area contributed by atoms with Crippen LogP contribution in [0.25, 0.3) is 0 Å². The number of fused-ring (bicyclic) bond motifs is 1. The van der Waals surface area contributed by atoms with E-state index in [1.807, 2.05) is 41.8 Å². The van der Waals surface area contributed by atoms with Crippen molar-refractivity contribution in [2.24, 2.45) is 0 Å². The molecule has 0 saturated carbocycles. The second-order valence-corrected chi connectivity index (χ2v) is 6.06. The third-order valence-electron chi connectivity index (χ3n) is 3.60. The number of hydrogen-bond donors (Lipinski definition) is 2. The Kier molecular flexibility index (Phi) is 4.11. The van der Waals surface area contributed by atoms with Gasteiger partial charge >= 0.3 is 5.97 Å². The van der Waals surface area contributed by atoms with Crippen LogP contribution in [-0.2, 0) is 9.59 Å². The summed E-state index contributed by atoms with van der Waals surface area (Å²) in [5, 5.41) is 13.8. The number of amides is 1. The second kappa shape index (κ2) is 6.19. The molecule has 0 fully saturated rings. The lowest BCUT2D eigenvalue weighted by Gasteiger charge is -2.18. The Balaban J connectivity index is 1.76. The monoisotopic (exact) mass is 317 g/mol. The van der Waals surface area contributed by atoms with Gasteiger partial charge < -0.3 is 15.2 Å². The third kappa shape index (κ3) is 2.96. The Morgan fingerprint density at radius 2 is 2.14 bits per heavy atom. The molecule has 0 saturated heterocycles. The molecule has 3 rings (SSSR count). The molecule has 6 heteroatoms. The fourth-order valence-electron chi connectivity index (χ4n) is 2.54. The van der Waals surface area contributed by atoms with Crippen molar-refractivity contribution in [1.82, 2.24) is 5.32 Å². The number of benzene rings is 1. The van der Waals surface area contributed by atoms with E-state index in [1.165, 1.54) is 11.3 Å². The van der Waals surface area contributed by atoms with Crippen LogP contribution in [0.4, 0.5) is 0 Å². The van der Waals surface area contributed by atoms with E-state index in [0.717, 1.165) is 10.4 Å². The molecular formula is C16H15NO4S. The van der Waals surface area contributed by atoms with E-state index < -0.39 is 17.9 Å². The zero-order chi connectivity index (χ0) is 15.5. The van der Waals surface area contributed by atoms with E-state index in [4.69, 9.17) is 9.84 Å². The van der Waals surface area contributed by atoms with Crippen molar-refractivity contribution >= 4 is 23.2 Å². The van der Waals surface area contributed by atoms with E-state index in [-0.39, 0.29) is 18.9 Å². The molecule has 2 atom stereocenters. The Morgan fingerprint density at radius 3 is 2.86 bits per heavy atom. The number of rotatable bonds is 5.